The predicted octanol–water partition coefficient (Wildman–Crippen LogP) is 2.33. The SMILES string of the molecule is CCCOc1ccc(C(=O)N2CCN(C(=O)Cc3ccc[nH]3)CC2)cc1. The molecule has 0 spiro atoms. The molecule has 2 heterocycles. The van der Waals surface area contributed by atoms with Crippen molar-refractivity contribution in [1.82, 2.24) is 14.8 Å². The number of ether oxygens (including phenoxy) is 1. The Kier molecular flexibility index (Phi) is 5.94. The molecule has 0 radical (unpaired) electrons. The lowest BCUT2D eigenvalue weighted by atomic mass is 10.1. The quantitative estimate of drug-likeness (QED) is 0.865. The van der Waals surface area contributed by atoms with Crippen LogP contribution in [-0.2, 0) is 11.2 Å². The Balaban J connectivity index is 1.50. The Morgan fingerprint density at radius 1 is 1.04 bits per heavy atom. The first-order valence-electron chi connectivity index (χ1n) is 9.09. The first kappa shape index (κ1) is 18.0. The van der Waals surface area contributed by atoms with Crippen molar-refractivity contribution in [3.05, 3.63) is 53.9 Å². The molecule has 0 atom stereocenters. The molecule has 1 aliphatic heterocycles. The van der Waals surface area contributed by atoms with Gasteiger partial charge in [-0.25, -0.2) is 0 Å². The van der Waals surface area contributed by atoms with Crippen molar-refractivity contribution in [2.75, 3.05) is 32.8 Å². The summed E-state index contributed by atoms with van der Waals surface area (Å²) in [7, 11) is 0. The standard InChI is InChI=1S/C20H25N3O3/c1-2-14-26-18-7-5-16(6-8-18)20(25)23-12-10-22(11-13-23)19(24)15-17-4-3-9-21-17/h3-9,21H,2,10-15H2,1H3. The second kappa shape index (κ2) is 8.56. The Bertz CT molecular complexity index is 717. The van der Waals surface area contributed by atoms with E-state index in [2.05, 4.69) is 11.9 Å². The third kappa shape index (κ3) is 4.45. The summed E-state index contributed by atoms with van der Waals surface area (Å²) in [5.41, 5.74) is 1.57. The second-order valence-corrected chi connectivity index (χ2v) is 6.42. The highest BCUT2D eigenvalue weighted by Crippen LogP contribution is 2.15. The monoisotopic (exact) mass is 355 g/mol. The van der Waals surface area contributed by atoms with E-state index < -0.39 is 0 Å². The summed E-state index contributed by atoms with van der Waals surface area (Å²) in [4.78, 5) is 31.6. The van der Waals surface area contributed by atoms with E-state index in [0.717, 1.165) is 17.9 Å². The number of aromatic nitrogens is 1. The van der Waals surface area contributed by atoms with Crippen LogP contribution in [0.4, 0.5) is 0 Å². The van der Waals surface area contributed by atoms with E-state index in [4.69, 9.17) is 4.74 Å². The summed E-state index contributed by atoms with van der Waals surface area (Å²) in [6.45, 7) is 4.99. The summed E-state index contributed by atoms with van der Waals surface area (Å²) in [5, 5.41) is 0. The molecule has 0 bridgehead atoms. The number of hydrogen-bond donors (Lipinski definition) is 1. The lowest BCUT2D eigenvalue weighted by Gasteiger charge is -2.34. The maximum absolute atomic E-state index is 12.6. The highest BCUT2D eigenvalue weighted by atomic mass is 16.5. The topological polar surface area (TPSA) is 65.6 Å². The number of carbonyl (C=O) groups is 2. The number of carbonyl (C=O) groups excluding carboxylic acids is 2. The van der Waals surface area contributed by atoms with Crippen molar-refractivity contribution in [3.63, 3.8) is 0 Å². The minimum absolute atomic E-state index is 0.00325. The van der Waals surface area contributed by atoms with Crippen molar-refractivity contribution in [2.45, 2.75) is 19.8 Å². The van der Waals surface area contributed by atoms with Gasteiger partial charge in [0.25, 0.3) is 5.91 Å². The van der Waals surface area contributed by atoms with Crippen LogP contribution in [0.2, 0.25) is 0 Å². The zero-order chi connectivity index (χ0) is 18.4. The Labute approximate surface area is 153 Å². The Morgan fingerprint density at radius 3 is 2.35 bits per heavy atom. The second-order valence-electron chi connectivity index (χ2n) is 6.42. The van der Waals surface area contributed by atoms with Gasteiger partial charge in [-0.15, -0.1) is 0 Å². The number of benzene rings is 1. The normalized spacial score (nSPS) is 14.3. The van der Waals surface area contributed by atoms with E-state index in [1.54, 1.807) is 17.0 Å². The smallest absolute Gasteiger partial charge is 0.253 e. The zero-order valence-corrected chi connectivity index (χ0v) is 15.1. The van der Waals surface area contributed by atoms with Gasteiger partial charge in [0.05, 0.1) is 13.0 Å². The van der Waals surface area contributed by atoms with Crippen LogP contribution in [0.25, 0.3) is 0 Å². The third-order valence-electron chi connectivity index (χ3n) is 4.50. The van der Waals surface area contributed by atoms with E-state index in [-0.39, 0.29) is 11.8 Å². The molecule has 1 N–H and O–H groups in total. The number of nitrogens with one attached hydrogen (secondary N) is 1. The summed E-state index contributed by atoms with van der Waals surface area (Å²) < 4.78 is 5.55. The van der Waals surface area contributed by atoms with Crippen LogP contribution in [-0.4, -0.2) is 59.4 Å². The molecule has 6 heteroatoms. The summed E-state index contributed by atoms with van der Waals surface area (Å²) in [6, 6.07) is 11.1. The van der Waals surface area contributed by atoms with Gasteiger partial charge in [0, 0.05) is 43.6 Å². The first-order chi connectivity index (χ1) is 12.7. The number of rotatable bonds is 6. The summed E-state index contributed by atoms with van der Waals surface area (Å²) >= 11 is 0. The van der Waals surface area contributed by atoms with Crippen molar-refractivity contribution in [3.8, 4) is 5.75 Å². The highest BCUT2D eigenvalue weighted by molar-refractivity contribution is 5.94. The van der Waals surface area contributed by atoms with Crippen LogP contribution in [0.3, 0.4) is 0 Å². The predicted molar refractivity (Wildman–Crippen MR) is 99.2 cm³/mol. The maximum Gasteiger partial charge on any atom is 0.253 e. The lowest BCUT2D eigenvalue weighted by Crippen LogP contribution is -2.51. The highest BCUT2D eigenvalue weighted by Gasteiger charge is 2.25. The van der Waals surface area contributed by atoms with E-state index in [1.165, 1.54) is 0 Å². The molecule has 138 valence electrons. The van der Waals surface area contributed by atoms with Gasteiger partial charge in [0.15, 0.2) is 0 Å². The zero-order valence-electron chi connectivity index (χ0n) is 15.1. The minimum Gasteiger partial charge on any atom is -0.494 e. The molecule has 1 aromatic carbocycles. The van der Waals surface area contributed by atoms with E-state index in [1.807, 2.05) is 35.4 Å². The fraction of sp³-hybridized carbons (Fsp3) is 0.400. The number of aromatic amines is 1. The number of hydrogen-bond acceptors (Lipinski definition) is 3. The molecule has 2 aromatic rings. The van der Waals surface area contributed by atoms with Gasteiger partial charge in [-0.1, -0.05) is 6.92 Å². The van der Waals surface area contributed by atoms with Crippen LogP contribution < -0.4 is 4.74 Å². The molecular formula is C20H25N3O3. The minimum atomic E-state index is 0.00325. The van der Waals surface area contributed by atoms with E-state index >= 15 is 0 Å². The molecule has 6 nitrogen and oxygen atoms in total. The lowest BCUT2D eigenvalue weighted by molar-refractivity contribution is -0.132. The van der Waals surface area contributed by atoms with Crippen LogP contribution in [0, 0.1) is 0 Å². The molecule has 0 saturated carbocycles. The van der Waals surface area contributed by atoms with Gasteiger partial charge < -0.3 is 19.5 Å². The first-order valence-corrected chi connectivity index (χ1v) is 9.09. The molecule has 1 saturated heterocycles. The molecule has 2 amide bonds. The van der Waals surface area contributed by atoms with Crippen molar-refractivity contribution in [2.24, 2.45) is 0 Å². The molecular weight excluding hydrogens is 330 g/mol. The molecule has 1 aromatic heterocycles. The van der Waals surface area contributed by atoms with Gasteiger partial charge in [-0.05, 0) is 42.8 Å². The van der Waals surface area contributed by atoms with E-state index in [9.17, 15) is 9.59 Å². The Morgan fingerprint density at radius 2 is 1.73 bits per heavy atom. The van der Waals surface area contributed by atoms with Gasteiger partial charge in [0.1, 0.15) is 5.75 Å². The number of amides is 2. The molecule has 1 fully saturated rings. The van der Waals surface area contributed by atoms with E-state index in [0.29, 0.717) is 44.8 Å². The maximum atomic E-state index is 12.6. The van der Waals surface area contributed by atoms with Crippen LogP contribution >= 0.6 is 0 Å². The van der Waals surface area contributed by atoms with Crippen molar-refractivity contribution in [1.29, 1.82) is 0 Å². The van der Waals surface area contributed by atoms with Gasteiger partial charge >= 0.3 is 0 Å². The number of H-pyrrole nitrogens is 1. The molecule has 0 unspecified atom stereocenters. The summed E-state index contributed by atoms with van der Waals surface area (Å²) in [6.07, 6.45) is 3.14. The van der Waals surface area contributed by atoms with Crippen LogP contribution in [0.5, 0.6) is 5.75 Å². The largest absolute Gasteiger partial charge is 0.494 e. The summed E-state index contributed by atoms with van der Waals surface area (Å²) in [5.74, 6) is 0.878. The molecule has 0 aliphatic carbocycles. The number of piperazine rings is 1. The number of nitrogens with zero attached hydrogens (tertiary/aromatic N) is 2. The van der Waals surface area contributed by atoms with Crippen LogP contribution in [0.1, 0.15) is 29.4 Å². The van der Waals surface area contributed by atoms with Crippen molar-refractivity contribution >= 4 is 11.8 Å². The molecule has 3 rings (SSSR count). The van der Waals surface area contributed by atoms with Crippen LogP contribution in [0.15, 0.2) is 42.6 Å². The van der Waals surface area contributed by atoms with Gasteiger partial charge in [-0.2, -0.15) is 0 Å². The Hall–Kier alpha value is -2.76. The van der Waals surface area contributed by atoms with Gasteiger partial charge in [0.2, 0.25) is 5.91 Å². The molecule has 1 aliphatic rings. The molecule has 26 heavy (non-hydrogen) atoms. The van der Waals surface area contributed by atoms with Gasteiger partial charge in [-0.3, -0.25) is 9.59 Å². The van der Waals surface area contributed by atoms with Crippen molar-refractivity contribution < 1.29 is 14.3 Å². The third-order valence-corrected chi connectivity index (χ3v) is 4.50. The fourth-order valence-electron chi connectivity index (χ4n) is 3.01. The fourth-order valence-corrected chi connectivity index (χ4v) is 3.01. The average molecular weight is 355 g/mol. The average Bonchev–Trinajstić information content (AvgIpc) is 3.19.